The number of nitrogens with one attached hydrogen (secondary N) is 1. The van der Waals surface area contributed by atoms with Crippen molar-refractivity contribution >= 4 is 23.6 Å². The molecule has 0 saturated carbocycles. The second-order valence-corrected chi connectivity index (χ2v) is 9.26. The Kier molecular flexibility index (Phi) is 11.1. The van der Waals surface area contributed by atoms with Crippen molar-refractivity contribution in [2.24, 2.45) is 5.92 Å². The molecule has 180 valence electrons. The number of amides is 2. The molecule has 0 spiro atoms. The van der Waals surface area contributed by atoms with E-state index in [9.17, 15) is 9.59 Å². The first-order valence-corrected chi connectivity index (χ1v) is 12.4. The van der Waals surface area contributed by atoms with Crippen LogP contribution in [0, 0.1) is 5.92 Å². The van der Waals surface area contributed by atoms with Crippen LogP contribution < -0.4 is 14.8 Å². The molecule has 2 rings (SSSR count). The van der Waals surface area contributed by atoms with Crippen molar-refractivity contribution in [3.8, 4) is 11.5 Å². The molecular formula is C26H36N2O4S. The number of rotatable bonds is 13. The minimum atomic E-state index is -0.514. The van der Waals surface area contributed by atoms with E-state index in [-0.39, 0.29) is 11.8 Å². The van der Waals surface area contributed by atoms with Gasteiger partial charge in [0.05, 0.1) is 20.0 Å². The highest BCUT2D eigenvalue weighted by atomic mass is 32.2. The van der Waals surface area contributed by atoms with Gasteiger partial charge in [0.1, 0.15) is 17.5 Å². The van der Waals surface area contributed by atoms with Crippen molar-refractivity contribution in [3.63, 3.8) is 0 Å². The predicted octanol–water partition coefficient (Wildman–Crippen LogP) is 4.52. The molecule has 0 fully saturated rings. The molecule has 0 aliphatic rings. The van der Waals surface area contributed by atoms with Crippen molar-refractivity contribution in [2.75, 3.05) is 26.5 Å². The minimum Gasteiger partial charge on any atom is -0.497 e. The zero-order valence-corrected chi connectivity index (χ0v) is 21.1. The van der Waals surface area contributed by atoms with Gasteiger partial charge in [-0.3, -0.25) is 9.59 Å². The molecule has 0 aliphatic carbocycles. The Morgan fingerprint density at radius 3 is 1.97 bits per heavy atom. The Hall–Kier alpha value is -2.67. The molecule has 2 aromatic rings. The van der Waals surface area contributed by atoms with Crippen LogP contribution in [0.25, 0.3) is 0 Å². The summed E-state index contributed by atoms with van der Waals surface area (Å²) in [7, 11) is 3.26. The molecule has 0 bridgehead atoms. The van der Waals surface area contributed by atoms with E-state index in [1.54, 1.807) is 30.9 Å². The van der Waals surface area contributed by atoms with E-state index in [2.05, 4.69) is 19.2 Å². The number of carbonyl (C=O) groups excluding carboxylic acids is 2. The number of hydrogen-bond acceptors (Lipinski definition) is 5. The quantitative estimate of drug-likeness (QED) is 0.464. The summed E-state index contributed by atoms with van der Waals surface area (Å²) in [6.07, 6.45) is 0.551. The van der Waals surface area contributed by atoms with Crippen molar-refractivity contribution in [1.82, 2.24) is 10.2 Å². The van der Waals surface area contributed by atoms with Crippen molar-refractivity contribution < 1.29 is 19.1 Å². The molecule has 7 heteroatoms. The van der Waals surface area contributed by atoms with Crippen LogP contribution in [0.15, 0.2) is 48.5 Å². The van der Waals surface area contributed by atoms with Crippen LogP contribution in [0.3, 0.4) is 0 Å². The van der Waals surface area contributed by atoms with Crippen LogP contribution in [-0.2, 0) is 21.9 Å². The number of hydrogen-bond donors (Lipinski definition) is 1. The highest BCUT2D eigenvalue weighted by molar-refractivity contribution is 7.99. The molecule has 33 heavy (non-hydrogen) atoms. The fraction of sp³-hybridized carbons (Fsp3) is 0.462. The number of thioether (sulfide) groups is 1. The smallest absolute Gasteiger partial charge is 0.242 e. The molecule has 0 aliphatic heterocycles. The first kappa shape index (κ1) is 26.6. The van der Waals surface area contributed by atoms with Gasteiger partial charge < -0.3 is 19.7 Å². The molecule has 1 N–H and O–H groups in total. The monoisotopic (exact) mass is 472 g/mol. The van der Waals surface area contributed by atoms with Crippen LogP contribution >= 0.6 is 11.8 Å². The van der Waals surface area contributed by atoms with Gasteiger partial charge in [-0.25, -0.2) is 0 Å². The van der Waals surface area contributed by atoms with Crippen LogP contribution in [0.1, 0.15) is 38.3 Å². The molecule has 0 saturated heterocycles. The predicted molar refractivity (Wildman–Crippen MR) is 135 cm³/mol. The van der Waals surface area contributed by atoms with Crippen LogP contribution in [-0.4, -0.2) is 49.3 Å². The second kappa shape index (κ2) is 13.8. The van der Waals surface area contributed by atoms with Crippen molar-refractivity contribution in [2.45, 2.75) is 45.5 Å². The Morgan fingerprint density at radius 2 is 1.48 bits per heavy atom. The molecular weight excluding hydrogens is 436 g/mol. The maximum absolute atomic E-state index is 13.3. The average molecular weight is 473 g/mol. The summed E-state index contributed by atoms with van der Waals surface area (Å²) in [5.41, 5.74) is 2.08. The van der Waals surface area contributed by atoms with E-state index in [0.717, 1.165) is 22.6 Å². The highest BCUT2D eigenvalue weighted by Crippen LogP contribution is 2.20. The summed E-state index contributed by atoms with van der Waals surface area (Å²) in [5, 5.41) is 2.99. The third-order valence-electron chi connectivity index (χ3n) is 5.24. The molecule has 2 aromatic carbocycles. The average Bonchev–Trinajstić information content (AvgIpc) is 2.83. The van der Waals surface area contributed by atoms with Crippen LogP contribution in [0.4, 0.5) is 0 Å². The van der Waals surface area contributed by atoms with Gasteiger partial charge in [0.25, 0.3) is 0 Å². The molecule has 6 nitrogen and oxygen atoms in total. The van der Waals surface area contributed by atoms with Gasteiger partial charge in [-0.2, -0.15) is 0 Å². The molecule has 1 atom stereocenters. The number of carbonyl (C=O) groups is 2. The summed E-state index contributed by atoms with van der Waals surface area (Å²) in [6, 6.07) is 14.9. The summed E-state index contributed by atoms with van der Waals surface area (Å²) < 4.78 is 10.4. The summed E-state index contributed by atoms with van der Waals surface area (Å²) >= 11 is 1.55. The van der Waals surface area contributed by atoms with E-state index in [0.29, 0.717) is 36.9 Å². The van der Waals surface area contributed by atoms with Gasteiger partial charge in [0.15, 0.2) is 0 Å². The van der Waals surface area contributed by atoms with Gasteiger partial charge in [-0.05, 0) is 47.7 Å². The fourth-order valence-electron chi connectivity index (χ4n) is 3.33. The van der Waals surface area contributed by atoms with Crippen LogP contribution in [0.2, 0.25) is 0 Å². The molecule has 2 amide bonds. The lowest BCUT2D eigenvalue weighted by Crippen LogP contribution is -2.50. The zero-order valence-electron chi connectivity index (χ0n) is 20.3. The van der Waals surface area contributed by atoms with E-state index >= 15 is 0 Å². The second-order valence-electron chi connectivity index (χ2n) is 8.27. The summed E-state index contributed by atoms with van der Waals surface area (Å²) in [6.45, 7) is 7.01. The van der Waals surface area contributed by atoms with Gasteiger partial charge in [0.2, 0.25) is 11.8 Å². The number of ether oxygens (including phenoxy) is 2. The topological polar surface area (TPSA) is 67.9 Å². The third-order valence-corrected chi connectivity index (χ3v) is 6.22. The maximum Gasteiger partial charge on any atom is 0.242 e. The van der Waals surface area contributed by atoms with Gasteiger partial charge >= 0.3 is 0 Å². The molecule has 0 radical (unpaired) electrons. The van der Waals surface area contributed by atoms with Gasteiger partial charge in [0, 0.05) is 18.8 Å². The van der Waals surface area contributed by atoms with E-state index in [1.807, 2.05) is 55.5 Å². The summed E-state index contributed by atoms with van der Waals surface area (Å²) in [4.78, 5) is 27.9. The lowest BCUT2D eigenvalue weighted by Gasteiger charge is -2.31. The number of methoxy groups -OCH3 is 2. The lowest BCUT2D eigenvalue weighted by atomic mass is 10.1. The first-order chi connectivity index (χ1) is 15.9. The number of nitrogens with zero attached hydrogens (tertiary/aromatic N) is 1. The largest absolute Gasteiger partial charge is 0.497 e. The standard InChI is InChI=1S/C26H36N2O4S/c1-6-24(26(30)27-15-19(2)3)28(16-20-7-11-22(31-4)12-8-20)25(29)18-33-17-21-9-13-23(32-5)14-10-21/h7-14,19,24H,6,15-18H2,1-5H3,(H,27,30). The van der Waals surface area contributed by atoms with Crippen LogP contribution in [0.5, 0.6) is 11.5 Å². The fourth-order valence-corrected chi connectivity index (χ4v) is 4.20. The third kappa shape index (κ3) is 8.65. The molecule has 1 unspecified atom stereocenters. The van der Waals surface area contributed by atoms with E-state index in [4.69, 9.17) is 9.47 Å². The lowest BCUT2D eigenvalue weighted by molar-refractivity contribution is -0.139. The number of benzene rings is 2. The Bertz CT molecular complexity index is 869. The Labute approximate surface area is 202 Å². The zero-order chi connectivity index (χ0) is 24.2. The normalized spacial score (nSPS) is 11.7. The minimum absolute atomic E-state index is 0.0455. The maximum atomic E-state index is 13.3. The van der Waals surface area contributed by atoms with Gasteiger partial charge in [-0.1, -0.05) is 45.0 Å². The van der Waals surface area contributed by atoms with E-state index < -0.39 is 6.04 Å². The Morgan fingerprint density at radius 1 is 0.939 bits per heavy atom. The highest BCUT2D eigenvalue weighted by Gasteiger charge is 2.28. The van der Waals surface area contributed by atoms with Gasteiger partial charge in [-0.15, -0.1) is 11.8 Å². The Balaban J connectivity index is 2.10. The van der Waals surface area contributed by atoms with E-state index in [1.165, 1.54) is 0 Å². The molecule has 0 aromatic heterocycles. The summed E-state index contributed by atoms with van der Waals surface area (Å²) in [5.74, 6) is 2.77. The first-order valence-electron chi connectivity index (χ1n) is 11.3. The SMILES string of the molecule is CCC(C(=O)NCC(C)C)N(Cc1ccc(OC)cc1)C(=O)CSCc1ccc(OC)cc1. The van der Waals surface area contributed by atoms with Crippen molar-refractivity contribution in [3.05, 3.63) is 59.7 Å². The van der Waals surface area contributed by atoms with Crippen molar-refractivity contribution in [1.29, 1.82) is 0 Å². The molecule has 0 heterocycles.